The maximum Gasteiger partial charge on any atom is -0.0184 e. The normalized spacial score (nSPS) is 71.7. The minimum Gasteiger partial charge on any atom is -0.0619 e. The van der Waals surface area contributed by atoms with Gasteiger partial charge < -0.3 is 0 Å². The lowest BCUT2D eigenvalue weighted by atomic mass is 9.86. The molecular weight excluding hydrogens is 132 g/mol. The molecule has 6 unspecified atom stereocenters. The van der Waals surface area contributed by atoms with E-state index < -0.39 is 0 Å². The second-order valence-corrected chi connectivity index (χ2v) is 5.32. The summed E-state index contributed by atoms with van der Waals surface area (Å²) in [5.41, 5.74) is 0.852. The van der Waals surface area contributed by atoms with Gasteiger partial charge in [-0.2, -0.15) is 0 Å². The van der Waals surface area contributed by atoms with Crippen LogP contribution in [0.3, 0.4) is 0 Å². The maximum absolute atomic E-state index is 2.51. The van der Waals surface area contributed by atoms with E-state index in [4.69, 9.17) is 0 Å². The van der Waals surface area contributed by atoms with Gasteiger partial charge in [-0.15, -0.1) is 0 Å². The summed E-state index contributed by atoms with van der Waals surface area (Å²) in [6.07, 6.45) is 3.12. The van der Waals surface area contributed by atoms with E-state index in [9.17, 15) is 0 Å². The SMILES string of the molecule is CC1CC2CC3C(C)C13C2C. The Hall–Kier alpha value is 0. The van der Waals surface area contributed by atoms with Crippen LogP contribution in [0.1, 0.15) is 33.6 Å². The zero-order valence-electron chi connectivity index (χ0n) is 7.80. The summed E-state index contributed by atoms with van der Waals surface area (Å²) >= 11 is 0. The molecule has 0 radical (unpaired) electrons. The molecule has 2 bridgehead atoms. The van der Waals surface area contributed by atoms with E-state index in [-0.39, 0.29) is 0 Å². The maximum atomic E-state index is 2.51. The molecule has 3 saturated carbocycles. The number of fused-ring (bicyclic) bond motifs is 1. The van der Waals surface area contributed by atoms with Crippen molar-refractivity contribution < 1.29 is 0 Å². The molecule has 3 aliphatic rings. The summed E-state index contributed by atoms with van der Waals surface area (Å²) < 4.78 is 0. The molecule has 3 rings (SSSR count). The van der Waals surface area contributed by atoms with Crippen molar-refractivity contribution in [2.75, 3.05) is 0 Å². The number of rotatable bonds is 0. The van der Waals surface area contributed by atoms with Gasteiger partial charge >= 0.3 is 0 Å². The summed E-state index contributed by atoms with van der Waals surface area (Å²) in [6, 6.07) is 0. The van der Waals surface area contributed by atoms with Gasteiger partial charge in [-0.25, -0.2) is 0 Å². The summed E-state index contributed by atoms with van der Waals surface area (Å²) in [4.78, 5) is 0. The molecule has 0 aromatic rings. The third-order valence-electron chi connectivity index (χ3n) is 5.49. The van der Waals surface area contributed by atoms with E-state index in [2.05, 4.69) is 20.8 Å². The smallest absolute Gasteiger partial charge is 0.0184 e. The van der Waals surface area contributed by atoms with E-state index in [1.807, 2.05) is 0 Å². The van der Waals surface area contributed by atoms with E-state index in [1.165, 1.54) is 0 Å². The Bertz CT molecular complexity index is 198. The Kier molecular flexibility index (Phi) is 0.906. The summed E-state index contributed by atoms with van der Waals surface area (Å²) in [7, 11) is 0. The first-order valence-electron chi connectivity index (χ1n) is 5.19. The van der Waals surface area contributed by atoms with Gasteiger partial charge in [0.1, 0.15) is 0 Å². The van der Waals surface area contributed by atoms with Gasteiger partial charge in [-0.1, -0.05) is 20.8 Å². The average Bonchev–Trinajstić information content (AvgIpc) is 2.35. The summed E-state index contributed by atoms with van der Waals surface area (Å²) in [6.45, 7) is 7.49. The van der Waals surface area contributed by atoms with Crippen molar-refractivity contribution in [3.05, 3.63) is 0 Å². The van der Waals surface area contributed by atoms with Gasteiger partial charge in [0.05, 0.1) is 0 Å². The predicted molar refractivity (Wildman–Crippen MR) is 46.1 cm³/mol. The number of hydrogen-bond acceptors (Lipinski definition) is 0. The zero-order valence-corrected chi connectivity index (χ0v) is 7.80. The van der Waals surface area contributed by atoms with Crippen molar-refractivity contribution in [2.24, 2.45) is 35.0 Å². The van der Waals surface area contributed by atoms with Crippen LogP contribution in [0, 0.1) is 35.0 Å². The molecule has 0 amide bonds. The molecule has 0 heterocycles. The molecule has 0 aromatic carbocycles. The molecule has 0 aliphatic heterocycles. The fourth-order valence-electron chi connectivity index (χ4n) is 5.03. The van der Waals surface area contributed by atoms with E-state index in [1.54, 1.807) is 12.8 Å². The van der Waals surface area contributed by atoms with Crippen LogP contribution in [0.25, 0.3) is 0 Å². The van der Waals surface area contributed by atoms with Crippen molar-refractivity contribution in [1.82, 2.24) is 0 Å². The fourth-order valence-corrected chi connectivity index (χ4v) is 5.03. The van der Waals surface area contributed by atoms with Gasteiger partial charge in [0.25, 0.3) is 0 Å². The first-order valence-corrected chi connectivity index (χ1v) is 5.19. The Morgan fingerprint density at radius 2 is 1.73 bits per heavy atom. The first kappa shape index (κ1) is 6.51. The molecule has 3 fully saturated rings. The molecule has 0 aromatic heterocycles. The second kappa shape index (κ2) is 1.53. The zero-order chi connectivity index (χ0) is 7.80. The Morgan fingerprint density at radius 1 is 1.00 bits per heavy atom. The first-order chi connectivity index (χ1) is 5.19. The number of hydrogen-bond donors (Lipinski definition) is 0. The highest BCUT2D eigenvalue weighted by molar-refractivity contribution is 5.23. The molecule has 0 heteroatoms. The second-order valence-electron chi connectivity index (χ2n) is 5.32. The van der Waals surface area contributed by atoms with Crippen LogP contribution in [0.2, 0.25) is 0 Å². The minimum absolute atomic E-state index is 0.852. The van der Waals surface area contributed by atoms with Crippen molar-refractivity contribution in [2.45, 2.75) is 33.6 Å². The Balaban J connectivity index is 2.05. The highest BCUT2D eigenvalue weighted by Gasteiger charge is 2.75. The van der Waals surface area contributed by atoms with Crippen LogP contribution in [-0.4, -0.2) is 0 Å². The summed E-state index contributed by atoms with van der Waals surface area (Å²) in [5.74, 6) is 5.46. The van der Waals surface area contributed by atoms with Gasteiger partial charge in [0, 0.05) is 0 Å². The molecule has 11 heavy (non-hydrogen) atoms. The van der Waals surface area contributed by atoms with Gasteiger partial charge in [0.15, 0.2) is 0 Å². The molecule has 0 N–H and O–H groups in total. The largest absolute Gasteiger partial charge is 0.0619 e. The van der Waals surface area contributed by atoms with Crippen LogP contribution < -0.4 is 0 Å². The predicted octanol–water partition coefficient (Wildman–Crippen LogP) is 2.93. The third-order valence-corrected chi connectivity index (χ3v) is 5.49. The average molecular weight is 150 g/mol. The lowest BCUT2D eigenvalue weighted by Gasteiger charge is -2.19. The topological polar surface area (TPSA) is 0 Å². The molecule has 3 aliphatic carbocycles. The van der Waals surface area contributed by atoms with Crippen molar-refractivity contribution in [3.8, 4) is 0 Å². The molecule has 1 spiro atoms. The quantitative estimate of drug-likeness (QED) is 0.498. The van der Waals surface area contributed by atoms with Crippen LogP contribution in [0.5, 0.6) is 0 Å². The lowest BCUT2D eigenvalue weighted by Crippen LogP contribution is -2.14. The van der Waals surface area contributed by atoms with E-state index in [0.717, 1.165) is 35.0 Å². The molecule has 0 saturated heterocycles. The van der Waals surface area contributed by atoms with Crippen molar-refractivity contribution in [1.29, 1.82) is 0 Å². The van der Waals surface area contributed by atoms with Crippen molar-refractivity contribution in [3.63, 3.8) is 0 Å². The van der Waals surface area contributed by atoms with Crippen LogP contribution in [0.15, 0.2) is 0 Å². The van der Waals surface area contributed by atoms with Gasteiger partial charge in [-0.3, -0.25) is 0 Å². The minimum atomic E-state index is 0.852. The van der Waals surface area contributed by atoms with Crippen LogP contribution in [0.4, 0.5) is 0 Å². The molecule has 6 atom stereocenters. The van der Waals surface area contributed by atoms with Crippen molar-refractivity contribution >= 4 is 0 Å². The highest BCUT2D eigenvalue weighted by atomic mass is 14.8. The fraction of sp³-hybridized carbons (Fsp3) is 1.00. The standard InChI is InChI=1S/C11H18/c1-6-4-9-5-10-8(3)11(6,10)7(9)2/h6-10H,4-5H2,1-3H3. The van der Waals surface area contributed by atoms with Crippen LogP contribution in [-0.2, 0) is 0 Å². The highest BCUT2D eigenvalue weighted by Crippen LogP contribution is 2.81. The molecule has 0 nitrogen and oxygen atoms in total. The van der Waals surface area contributed by atoms with Crippen LogP contribution >= 0.6 is 0 Å². The van der Waals surface area contributed by atoms with Gasteiger partial charge in [-0.05, 0) is 47.8 Å². The molecular formula is C11H18. The van der Waals surface area contributed by atoms with Gasteiger partial charge in [0.2, 0.25) is 0 Å². The monoisotopic (exact) mass is 150 g/mol. The van der Waals surface area contributed by atoms with E-state index >= 15 is 0 Å². The molecule has 62 valence electrons. The Morgan fingerprint density at radius 3 is 2.18 bits per heavy atom. The van der Waals surface area contributed by atoms with E-state index in [0.29, 0.717) is 0 Å². The Labute approximate surface area is 69.4 Å². The summed E-state index contributed by atoms with van der Waals surface area (Å²) in [5, 5.41) is 0. The lowest BCUT2D eigenvalue weighted by molar-refractivity contribution is 0.287. The third kappa shape index (κ3) is 0.443.